The first-order chi connectivity index (χ1) is 30.2. The lowest BCUT2D eigenvalue weighted by molar-refractivity contribution is -0.136. The summed E-state index contributed by atoms with van der Waals surface area (Å²) in [4.78, 5) is 99.1. The SMILES string of the molecule is CC(C)C[C@H](CC(=O)[C@H](CC(C)C)NC(=O)[C@H](CCCCN)CC(=O)[C@H](CCCN=C(N)N)NC(=O)[C@@H](C)Cc1ccc(O)cc1)C(=O)N[C@@H](CCCCN)C(=O)C[C@@H](CO)C(N)=O. The largest absolute Gasteiger partial charge is 0.508 e. The minimum Gasteiger partial charge on any atom is -0.508 e. The highest BCUT2D eigenvalue weighted by Gasteiger charge is 2.34. The normalized spacial score (nSPS) is 14.7. The van der Waals surface area contributed by atoms with Crippen molar-refractivity contribution >= 4 is 46.9 Å². The number of nitrogens with two attached hydrogens (primary N) is 5. The van der Waals surface area contributed by atoms with Gasteiger partial charge in [-0.05, 0) is 107 Å². The van der Waals surface area contributed by atoms with Crippen molar-refractivity contribution in [1.82, 2.24) is 16.0 Å². The van der Waals surface area contributed by atoms with E-state index in [1.165, 1.54) is 12.1 Å². The van der Waals surface area contributed by atoms with Crippen LogP contribution in [0.5, 0.6) is 5.75 Å². The fraction of sp³-hybridized carbons (Fsp3) is 0.696. The lowest BCUT2D eigenvalue weighted by Crippen LogP contribution is -2.49. The highest BCUT2D eigenvalue weighted by Crippen LogP contribution is 2.23. The molecule has 1 rings (SSSR count). The van der Waals surface area contributed by atoms with Crippen LogP contribution in [0, 0.1) is 35.5 Å². The Kier molecular flexibility index (Phi) is 27.7. The maximum atomic E-state index is 14.2. The number of primary amides is 1. The zero-order valence-electron chi connectivity index (χ0n) is 38.8. The van der Waals surface area contributed by atoms with Gasteiger partial charge in [-0.25, -0.2) is 0 Å². The minimum atomic E-state index is -1.11. The van der Waals surface area contributed by atoms with Crippen LogP contribution in [0.15, 0.2) is 29.3 Å². The zero-order valence-corrected chi connectivity index (χ0v) is 38.8. The predicted octanol–water partition coefficient (Wildman–Crippen LogP) is 1.63. The van der Waals surface area contributed by atoms with E-state index in [9.17, 15) is 43.8 Å². The molecule has 0 heterocycles. The third-order valence-corrected chi connectivity index (χ3v) is 11.1. The van der Waals surface area contributed by atoms with E-state index in [1.807, 2.05) is 27.7 Å². The second kappa shape index (κ2) is 31.0. The number of carbonyl (C=O) groups excluding carboxylic acids is 7. The van der Waals surface area contributed by atoms with Gasteiger partial charge in [-0.1, -0.05) is 53.2 Å². The first kappa shape index (κ1) is 57.1. The van der Waals surface area contributed by atoms with Crippen LogP contribution < -0.4 is 44.6 Å². The lowest BCUT2D eigenvalue weighted by Gasteiger charge is -2.27. The molecule has 362 valence electrons. The fourth-order valence-corrected chi connectivity index (χ4v) is 7.46. The van der Waals surface area contributed by atoms with Crippen molar-refractivity contribution in [2.75, 3.05) is 26.2 Å². The van der Waals surface area contributed by atoms with Crippen LogP contribution in [-0.2, 0) is 40.0 Å². The van der Waals surface area contributed by atoms with Gasteiger partial charge in [0.2, 0.25) is 23.6 Å². The molecule has 0 aliphatic rings. The number of aliphatic hydroxyl groups is 1. The monoisotopic (exact) mass is 902 g/mol. The maximum absolute atomic E-state index is 14.2. The number of aromatic hydroxyl groups is 1. The summed E-state index contributed by atoms with van der Waals surface area (Å²) in [7, 11) is 0. The number of nitrogens with one attached hydrogen (secondary N) is 3. The number of phenolic OH excluding ortho intramolecular Hbond substituents is 1. The number of aliphatic imine (C=N–C) groups is 1. The van der Waals surface area contributed by atoms with Crippen LogP contribution in [0.3, 0.4) is 0 Å². The second-order valence-electron chi connectivity index (χ2n) is 17.9. The Hall–Kier alpha value is -4.94. The van der Waals surface area contributed by atoms with Gasteiger partial charge in [0.25, 0.3) is 0 Å². The average molecular weight is 902 g/mol. The van der Waals surface area contributed by atoms with Crippen LogP contribution in [0.25, 0.3) is 0 Å². The molecule has 0 aliphatic heterocycles. The summed E-state index contributed by atoms with van der Waals surface area (Å²) in [5.41, 5.74) is 28.6. The molecule has 0 bridgehead atoms. The summed E-state index contributed by atoms with van der Waals surface area (Å²) in [5, 5.41) is 27.9. The number of hydrogen-bond acceptors (Lipinski definition) is 12. The molecule has 0 spiro atoms. The Morgan fingerprint density at radius 3 is 1.58 bits per heavy atom. The van der Waals surface area contributed by atoms with Crippen LogP contribution >= 0.6 is 0 Å². The molecule has 0 aromatic heterocycles. The van der Waals surface area contributed by atoms with E-state index in [4.69, 9.17) is 28.7 Å². The molecule has 0 unspecified atom stereocenters. The van der Waals surface area contributed by atoms with Gasteiger partial charge in [0.1, 0.15) is 5.75 Å². The number of unbranched alkanes of at least 4 members (excludes halogenated alkanes) is 2. The van der Waals surface area contributed by atoms with E-state index >= 15 is 0 Å². The van der Waals surface area contributed by atoms with Crippen molar-refractivity contribution in [2.45, 2.75) is 143 Å². The minimum absolute atomic E-state index is 0.0247. The van der Waals surface area contributed by atoms with Crippen molar-refractivity contribution < 1.29 is 43.8 Å². The van der Waals surface area contributed by atoms with Crippen molar-refractivity contribution in [3.63, 3.8) is 0 Å². The Morgan fingerprint density at radius 2 is 1.06 bits per heavy atom. The number of Topliss-reactive ketones (excluding diaryl/α,β-unsaturated/α-hetero) is 3. The molecule has 0 saturated carbocycles. The van der Waals surface area contributed by atoms with E-state index in [2.05, 4.69) is 20.9 Å². The molecule has 4 amide bonds. The van der Waals surface area contributed by atoms with Gasteiger partial charge < -0.3 is 54.8 Å². The fourth-order valence-electron chi connectivity index (χ4n) is 7.46. The molecule has 1 aromatic rings. The van der Waals surface area contributed by atoms with Crippen LogP contribution in [-0.4, -0.2) is 102 Å². The third-order valence-electron chi connectivity index (χ3n) is 11.1. The molecule has 7 atom stereocenters. The Bertz CT molecular complexity index is 1650. The molecule has 64 heavy (non-hydrogen) atoms. The zero-order chi connectivity index (χ0) is 48.4. The standard InChI is InChI=1S/C46H79N9O9/c1-28(2)21-33(45(64)54-36(12-7-9-19-48)40(59)26-34(27-56)42(49)61)25-41(60)38(22-29(3)4)55-44(63)32(11-6-8-18-47)24-39(58)37(13-10-20-52-46(50)51)53-43(62)30(5)23-31-14-16-35(57)17-15-31/h14-17,28-30,32-34,36-38,56-57H,6-13,18-27,47-48H2,1-5H3,(H2,49,61)(H,53,62)(H,54,64)(H,55,63)(H4,50,51,52)/t30-,32+,33+,34-,36-,37-,38-/m0/s1. The van der Waals surface area contributed by atoms with Gasteiger partial charge in [0.05, 0.1) is 30.7 Å². The molecular weight excluding hydrogens is 823 g/mol. The highest BCUT2D eigenvalue weighted by molar-refractivity contribution is 5.97. The number of nitrogens with zero attached hydrogens (tertiary/aromatic N) is 1. The summed E-state index contributed by atoms with van der Waals surface area (Å²) >= 11 is 0. The number of aliphatic hydroxyl groups excluding tert-OH is 1. The van der Waals surface area contributed by atoms with Gasteiger partial charge in [-0.2, -0.15) is 0 Å². The predicted molar refractivity (Wildman–Crippen MR) is 247 cm³/mol. The number of phenols is 1. The summed E-state index contributed by atoms with van der Waals surface area (Å²) in [6.07, 6.45) is 3.34. The number of amides is 4. The number of benzene rings is 1. The molecule has 0 fully saturated rings. The summed E-state index contributed by atoms with van der Waals surface area (Å²) < 4.78 is 0. The molecule has 18 heteroatoms. The number of guanidine groups is 1. The summed E-state index contributed by atoms with van der Waals surface area (Å²) in [6.45, 7) is 9.65. The van der Waals surface area contributed by atoms with E-state index in [1.54, 1.807) is 19.1 Å². The Morgan fingerprint density at radius 1 is 0.594 bits per heavy atom. The Balaban J connectivity index is 3.38. The Labute approximate surface area is 379 Å². The second-order valence-corrected chi connectivity index (χ2v) is 17.9. The molecule has 0 saturated heterocycles. The van der Waals surface area contributed by atoms with Gasteiger partial charge in [0.15, 0.2) is 23.3 Å². The molecule has 0 radical (unpaired) electrons. The van der Waals surface area contributed by atoms with Crippen LogP contribution in [0.2, 0.25) is 0 Å². The van der Waals surface area contributed by atoms with Crippen molar-refractivity contribution in [1.29, 1.82) is 0 Å². The maximum Gasteiger partial charge on any atom is 0.224 e. The molecule has 0 aliphatic carbocycles. The van der Waals surface area contributed by atoms with E-state index < -0.39 is 71.9 Å². The van der Waals surface area contributed by atoms with E-state index in [-0.39, 0.29) is 92.5 Å². The number of carbonyl (C=O) groups is 7. The molecule has 1 aromatic carbocycles. The van der Waals surface area contributed by atoms with Gasteiger partial charge in [-0.3, -0.25) is 38.6 Å². The summed E-state index contributed by atoms with van der Waals surface area (Å²) in [5.74, 6) is -6.96. The van der Waals surface area contributed by atoms with E-state index in [0.717, 1.165) is 5.56 Å². The number of rotatable bonds is 35. The van der Waals surface area contributed by atoms with Crippen molar-refractivity contribution in [2.24, 2.45) is 69.2 Å². The smallest absolute Gasteiger partial charge is 0.224 e. The summed E-state index contributed by atoms with van der Waals surface area (Å²) in [6, 6.07) is 3.53. The molecule has 15 N–H and O–H groups in total. The molecule has 18 nitrogen and oxygen atoms in total. The van der Waals surface area contributed by atoms with Gasteiger partial charge in [-0.15, -0.1) is 0 Å². The molecular formula is C46H79N9O9. The van der Waals surface area contributed by atoms with Crippen LogP contribution in [0.4, 0.5) is 0 Å². The van der Waals surface area contributed by atoms with Crippen LogP contribution in [0.1, 0.15) is 124 Å². The number of hydrogen-bond donors (Lipinski definition) is 10. The van der Waals surface area contributed by atoms with Crippen molar-refractivity contribution in [3.05, 3.63) is 29.8 Å². The van der Waals surface area contributed by atoms with Crippen molar-refractivity contribution in [3.8, 4) is 5.75 Å². The van der Waals surface area contributed by atoms with E-state index in [0.29, 0.717) is 58.0 Å². The third kappa shape index (κ3) is 23.1. The van der Waals surface area contributed by atoms with Gasteiger partial charge in [0, 0.05) is 43.6 Å². The lowest BCUT2D eigenvalue weighted by atomic mass is 9.86. The average Bonchev–Trinajstić information content (AvgIpc) is 3.22. The first-order valence-corrected chi connectivity index (χ1v) is 22.8. The van der Waals surface area contributed by atoms with Gasteiger partial charge >= 0.3 is 0 Å². The number of ketones is 3. The quantitative estimate of drug-likeness (QED) is 0.0263. The first-order valence-electron chi connectivity index (χ1n) is 22.8. The highest BCUT2D eigenvalue weighted by atomic mass is 16.3. The topological polar surface area (TPSA) is 338 Å².